The number of H-pyrrole nitrogens is 1. The van der Waals surface area contributed by atoms with Gasteiger partial charge in [0.05, 0.1) is 18.2 Å². The molecule has 1 N–H and O–H groups in total. The molecule has 0 amide bonds. The smallest absolute Gasteiger partial charge is 0.373 e. The number of hydrogen-bond donors (Lipinski definition) is 1. The Morgan fingerprint density at radius 1 is 1.20 bits per heavy atom. The van der Waals surface area contributed by atoms with E-state index in [0.717, 1.165) is 16.0 Å². The topological polar surface area (TPSA) is 85.2 Å². The summed E-state index contributed by atoms with van der Waals surface area (Å²) < 4.78 is 10.1. The molecule has 0 spiro atoms. The van der Waals surface area contributed by atoms with E-state index in [1.54, 1.807) is 12.1 Å². The zero-order valence-electron chi connectivity index (χ0n) is 17.0. The molecular weight excluding hydrogens is 420 g/mol. The van der Waals surface area contributed by atoms with E-state index < -0.39 is 5.97 Å². The van der Waals surface area contributed by atoms with Gasteiger partial charge >= 0.3 is 5.97 Å². The fourth-order valence-corrected chi connectivity index (χ4v) is 5.08. The normalized spacial score (nSPS) is 11.2. The summed E-state index contributed by atoms with van der Waals surface area (Å²) in [6.45, 7) is 6.16. The molecule has 4 aromatic rings. The van der Waals surface area contributed by atoms with Crippen molar-refractivity contribution < 1.29 is 13.9 Å². The number of hydrogen-bond acceptors (Lipinski definition) is 7. The lowest BCUT2D eigenvalue weighted by Crippen LogP contribution is -2.08. The molecule has 0 atom stereocenters. The molecule has 4 rings (SSSR count). The van der Waals surface area contributed by atoms with Gasteiger partial charge in [-0.2, -0.15) is 0 Å². The van der Waals surface area contributed by atoms with Gasteiger partial charge in [0.15, 0.2) is 5.16 Å². The SMILES string of the molecule is COC(=O)c1ccc(CSc2nc3sc(C)c(-c4ccc(C)c(C)c4)c3c(=O)[nH]2)o1. The van der Waals surface area contributed by atoms with Crippen LogP contribution < -0.4 is 5.56 Å². The third kappa shape index (κ3) is 3.80. The van der Waals surface area contributed by atoms with E-state index in [9.17, 15) is 9.59 Å². The van der Waals surface area contributed by atoms with Crippen LogP contribution in [-0.4, -0.2) is 23.0 Å². The summed E-state index contributed by atoms with van der Waals surface area (Å²) in [6, 6.07) is 9.52. The first kappa shape index (κ1) is 20.4. The number of methoxy groups -OCH3 is 1. The monoisotopic (exact) mass is 440 g/mol. The van der Waals surface area contributed by atoms with Gasteiger partial charge in [0.2, 0.25) is 5.76 Å². The van der Waals surface area contributed by atoms with Gasteiger partial charge in [0, 0.05) is 10.4 Å². The summed E-state index contributed by atoms with van der Waals surface area (Å²) in [5.41, 5.74) is 4.22. The molecule has 0 aliphatic carbocycles. The Balaban J connectivity index is 1.65. The third-order valence-corrected chi connectivity index (χ3v) is 6.81. The summed E-state index contributed by atoms with van der Waals surface area (Å²) in [6.07, 6.45) is 0. The fourth-order valence-electron chi connectivity index (χ4n) is 3.22. The second-order valence-corrected chi connectivity index (χ2v) is 9.10. The number of aromatic nitrogens is 2. The van der Waals surface area contributed by atoms with Crippen molar-refractivity contribution >= 4 is 39.3 Å². The zero-order valence-corrected chi connectivity index (χ0v) is 18.6. The molecule has 0 bridgehead atoms. The highest BCUT2D eigenvalue weighted by atomic mass is 32.2. The Morgan fingerprint density at radius 2 is 2.00 bits per heavy atom. The first-order valence-electron chi connectivity index (χ1n) is 9.28. The molecular formula is C22H20N2O4S2. The molecule has 3 heterocycles. The van der Waals surface area contributed by atoms with Crippen LogP contribution in [0.1, 0.15) is 32.3 Å². The van der Waals surface area contributed by atoms with Crippen LogP contribution in [0, 0.1) is 20.8 Å². The average Bonchev–Trinajstić information content (AvgIpc) is 3.32. The minimum Gasteiger partial charge on any atom is -0.463 e. The van der Waals surface area contributed by atoms with E-state index in [0.29, 0.717) is 26.9 Å². The van der Waals surface area contributed by atoms with Crippen LogP contribution in [-0.2, 0) is 10.5 Å². The van der Waals surface area contributed by atoms with Crippen LogP contribution >= 0.6 is 23.1 Å². The van der Waals surface area contributed by atoms with Crippen molar-refractivity contribution in [3.63, 3.8) is 0 Å². The van der Waals surface area contributed by atoms with E-state index in [1.165, 1.54) is 41.3 Å². The molecule has 0 aliphatic heterocycles. The number of rotatable bonds is 5. The largest absolute Gasteiger partial charge is 0.463 e. The van der Waals surface area contributed by atoms with Gasteiger partial charge in [0.1, 0.15) is 10.6 Å². The number of benzene rings is 1. The van der Waals surface area contributed by atoms with Crippen molar-refractivity contribution in [2.24, 2.45) is 0 Å². The van der Waals surface area contributed by atoms with Gasteiger partial charge in [-0.25, -0.2) is 9.78 Å². The van der Waals surface area contributed by atoms with Crippen LogP contribution in [0.3, 0.4) is 0 Å². The lowest BCUT2D eigenvalue weighted by molar-refractivity contribution is 0.0563. The summed E-state index contributed by atoms with van der Waals surface area (Å²) in [4.78, 5) is 33.7. The van der Waals surface area contributed by atoms with Crippen molar-refractivity contribution in [3.8, 4) is 11.1 Å². The van der Waals surface area contributed by atoms with E-state index in [2.05, 4.69) is 46.8 Å². The number of thiophene rings is 1. The zero-order chi connectivity index (χ0) is 21.4. The number of thioether (sulfide) groups is 1. The first-order chi connectivity index (χ1) is 14.4. The third-order valence-electron chi connectivity index (χ3n) is 4.91. The highest BCUT2D eigenvalue weighted by Gasteiger charge is 2.18. The fraction of sp³-hybridized carbons (Fsp3) is 0.227. The molecule has 3 aromatic heterocycles. The van der Waals surface area contributed by atoms with Crippen molar-refractivity contribution in [3.05, 3.63) is 68.2 Å². The van der Waals surface area contributed by atoms with Crippen molar-refractivity contribution in [2.75, 3.05) is 7.11 Å². The minimum atomic E-state index is -0.521. The van der Waals surface area contributed by atoms with E-state index in [4.69, 9.17) is 4.42 Å². The van der Waals surface area contributed by atoms with Crippen LogP contribution in [0.25, 0.3) is 21.3 Å². The van der Waals surface area contributed by atoms with Crippen LogP contribution in [0.2, 0.25) is 0 Å². The number of nitrogens with zero attached hydrogens (tertiary/aromatic N) is 1. The van der Waals surface area contributed by atoms with Crippen molar-refractivity contribution in [1.29, 1.82) is 0 Å². The number of fused-ring (bicyclic) bond motifs is 1. The second kappa shape index (κ2) is 8.12. The average molecular weight is 441 g/mol. The Kier molecular flexibility index (Phi) is 5.53. The molecule has 0 fully saturated rings. The van der Waals surface area contributed by atoms with Gasteiger partial charge in [-0.3, -0.25) is 4.79 Å². The summed E-state index contributed by atoms with van der Waals surface area (Å²) in [5, 5.41) is 1.13. The molecule has 154 valence electrons. The predicted octanol–water partition coefficient (Wildman–Crippen LogP) is 5.25. The number of carbonyl (C=O) groups is 1. The van der Waals surface area contributed by atoms with Gasteiger partial charge in [-0.05, 0) is 49.6 Å². The molecule has 0 unspecified atom stereocenters. The maximum absolute atomic E-state index is 12.9. The molecule has 0 aliphatic rings. The van der Waals surface area contributed by atoms with Gasteiger partial charge in [-0.15, -0.1) is 11.3 Å². The molecule has 30 heavy (non-hydrogen) atoms. The summed E-state index contributed by atoms with van der Waals surface area (Å²) in [5.74, 6) is 0.658. The number of carbonyl (C=O) groups excluding carboxylic acids is 1. The second-order valence-electron chi connectivity index (χ2n) is 6.93. The molecule has 6 nitrogen and oxygen atoms in total. The molecule has 0 radical (unpaired) electrons. The lowest BCUT2D eigenvalue weighted by atomic mass is 9.99. The van der Waals surface area contributed by atoms with Gasteiger partial charge < -0.3 is 14.1 Å². The van der Waals surface area contributed by atoms with E-state index in [1.807, 2.05) is 6.92 Å². The minimum absolute atomic E-state index is 0.150. The highest BCUT2D eigenvalue weighted by Crippen LogP contribution is 2.37. The van der Waals surface area contributed by atoms with Crippen LogP contribution in [0.5, 0.6) is 0 Å². The lowest BCUT2D eigenvalue weighted by Gasteiger charge is -2.06. The van der Waals surface area contributed by atoms with E-state index >= 15 is 0 Å². The van der Waals surface area contributed by atoms with Crippen LogP contribution in [0.4, 0.5) is 0 Å². The van der Waals surface area contributed by atoms with Crippen molar-refractivity contribution in [1.82, 2.24) is 9.97 Å². The summed E-state index contributed by atoms with van der Waals surface area (Å²) >= 11 is 2.86. The van der Waals surface area contributed by atoms with E-state index in [-0.39, 0.29) is 11.3 Å². The van der Waals surface area contributed by atoms with Gasteiger partial charge in [-0.1, -0.05) is 30.0 Å². The Bertz CT molecular complexity index is 1320. The Morgan fingerprint density at radius 3 is 2.73 bits per heavy atom. The predicted molar refractivity (Wildman–Crippen MR) is 119 cm³/mol. The maximum atomic E-state index is 12.9. The molecule has 1 aromatic carbocycles. The number of aryl methyl sites for hydroxylation is 3. The number of aromatic amines is 1. The van der Waals surface area contributed by atoms with Gasteiger partial charge in [0.25, 0.3) is 5.56 Å². The number of esters is 1. The number of furan rings is 1. The van der Waals surface area contributed by atoms with Crippen LogP contribution in [0.15, 0.2) is 44.7 Å². The standard InChI is InChI=1S/C22H20N2O4S2/c1-11-5-6-14(9-12(11)2)17-13(3)30-20-18(17)19(25)23-22(24-20)29-10-15-7-8-16(28-15)21(26)27-4/h5-9H,10H2,1-4H3,(H,23,24,25). The highest BCUT2D eigenvalue weighted by molar-refractivity contribution is 7.98. The summed E-state index contributed by atoms with van der Waals surface area (Å²) in [7, 11) is 1.30. The number of ether oxygens (including phenoxy) is 1. The number of nitrogens with one attached hydrogen (secondary N) is 1. The first-order valence-corrected chi connectivity index (χ1v) is 11.1. The Hall–Kier alpha value is -2.84. The quantitative estimate of drug-likeness (QED) is 0.259. The molecule has 0 saturated heterocycles. The molecule has 8 heteroatoms. The Labute approximate surface area is 181 Å². The molecule has 0 saturated carbocycles. The van der Waals surface area contributed by atoms with Crippen molar-refractivity contribution in [2.45, 2.75) is 31.7 Å². The maximum Gasteiger partial charge on any atom is 0.373 e.